The minimum Gasteiger partial charge on any atom is -0.478 e. The molecule has 1 N–H and O–H groups in total. The Morgan fingerprint density at radius 1 is 1.00 bits per heavy atom. The SMILES string of the molecule is O=C(O)C(Oc1ccccc1-n1cccc1)c1cc(F)cc(F)c1. The van der Waals surface area contributed by atoms with E-state index in [1.165, 1.54) is 0 Å². The third-order valence-corrected chi connectivity index (χ3v) is 3.40. The zero-order valence-electron chi connectivity index (χ0n) is 12.4. The van der Waals surface area contributed by atoms with Crippen LogP contribution in [-0.4, -0.2) is 15.6 Å². The van der Waals surface area contributed by atoms with Gasteiger partial charge in [-0.1, -0.05) is 12.1 Å². The van der Waals surface area contributed by atoms with E-state index in [9.17, 15) is 18.7 Å². The van der Waals surface area contributed by atoms with Crippen LogP contribution in [0.4, 0.5) is 8.78 Å². The van der Waals surface area contributed by atoms with Crippen LogP contribution in [0.2, 0.25) is 0 Å². The third kappa shape index (κ3) is 3.27. The van der Waals surface area contributed by atoms with Crippen LogP contribution >= 0.6 is 0 Å². The second-order valence-corrected chi connectivity index (χ2v) is 5.10. The highest BCUT2D eigenvalue weighted by Crippen LogP contribution is 2.29. The third-order valence-electron chi connectivity index (χ3n) is 3.40. The Balaban J connectivity index is 2.00. The number of hydrogen-bond acceptors (Lipinski definition) is 2. The van der Waals surface area contributed by atoms with Crippen molar-refractivity contribution in [3.05, 3.63) is 84.2 Å². The lowest BCUT2D eigenvalue weighted by Crippen LogP contribution is -2.19. The lowest BCUT2D eigenvalue weighted by Gasteiger charge is -2.18. The Morgan fingerprint density at radius 3 is 2.25 bits per heavy atom. The molecule has 2 aromatic carbocycles. The summed E-state index contributed by atoms with van der Waals surface area (Å²) in [5, 5.41) is 9.41. The van der Waals surface area contributed by atoms with Crippen LogP contribution in [0.3, 0.4) is 0 Å². The van der Waals surface area contributed by atoms with E-state index >= 15 is 0 Å². The quantitative estimate of drug-likeness (QED) is 0.771. The Morgan fingerprint density at radius 2 is 1.62 bits per heavy atom. The van der Waals surface area contributed by atoms with Crippen molar-refractivity contribution < 1.29 is 23.4 Å². The predicted molar refractivity (Wildman–Crippen MR) is 83.1 cm³/mol. The molecule has 0 aliphatic carbocycles. The molecular formula is C18H13F2NO3. The molecule has 0 aliphatic heterocycles. The average Bonchev–Trinajstić information content (AvgIpc) is 3.06. The highest BCUT2D eigenvalue weighted by molar-refractivity contribution is 5.75. The zero-order chi connectivity index (χ0) is 17.1. The summed E-state index contributed by atoms with van der Waals surface area (Å²) in [7, 11) is 0. The van der Waals surface area contributed by atoms with Crippen LogP contribution in [0.15, 0.2) is 67.0 Å². The van der Waals surface area contributed by atoms with E-state index < -0.39 is 23.7 Å². The van der Waals surface area contributed by atoms with Crippen LogP contribution in [0, 0.1) is 11.6 Å². The number of nitrogens with zero attached hydrogens (tertiary/aromatic N) is 1. The number of rotatable bonds is 5. The summed E-state index contributed by atoms with van der Waals surface area (Å²) in [6, 6.07) is 13.0. The number of hydrogen-bond donors (Lipinski definition) is 1. The van der Waals surface area contributed by atoms with Crippen LogP contribution in [-0.2, 0) is 4.79 Å². The fourth-order valence-electron chi connectivity index (χ4n) is 2.38. The van der Waals surface area contributed by atoms with E-state index in [0.717, 1.165) is 12.1 Å². The van der Waals surface area contributed by atoms with E-state index in [1.807, 2.05) is 12.1 Å². The summed E-state index contributed by atoms with van der Waals surface area (Å²) in [6.45, 7) is 0. The highest BCUT2D eigenvalue weighted by atomic mass is 19.1. The molecule has 1 unspecified atom stereocenters. The van der Waals surface area contributed by atoms with Gasteiger partial charge in [-0.25, -0.2) is 13.6 Å². The molecule has 1 heterocycles. The van der Waals surface area contributed by atoms with E-state index in [2.05, 4.69) is 0 Å². The Kier molecular flexibility index (Phi) is 4.29. The molecule has 0 fully saturated rings. The normalized spacial score (nSPS) is 11.9. The fourth-order valence-corrected chi connectivity index (χ4v) is 2.38. The Bertz CT molecular complexity index is 842. The topological polar surface area (TPSA) is 51.5 Å². The lowest BCUT2D eigenvalue weighted by molar-refractivity contribution is -0.145. The van der Waals surface area contributed by atoms with E-state index in [4.69, 9.17) is 4.74 Å². The van der Waals surface area contributed by atoms with Gasteiger partial charge in [0.2, 0.25) is 6.10 Å². The van der Waals surface area contributed by atoms with Gasteiger partial charge in [0.25, 0.3) is 0 Å². The molecule has 3 rings (SSSR count). The predicted octanol–water partition coefficient (Wildman–Crippen LogP) is 3.96. The molecule has 0 radical (unpaired) electrons. The van der Waals surface area contributed by atoms with Gasteiger partial charge in [-0.05, 0) is 36.4 Å². The summed E-state index contributed by atoms with van der Waals surface area (Å²) in [5.74, 6) is -2.79. The molecule has 0 aliphatic rings. The average molecular weight is 329 g/mol. The molecule has 0 saturated carbocycles. The summed E-state index contributed by atoms with van der Waals surface area (Å²) in [4.78, 5) is 11.5. The molecule has 122 valence electrons. The van der Waals surface area contributed by atoms with Crippen molar-refractivity contribution in [2.45, 2.75) is 6.10 Å². The molecule has 3 aromatic rings. The summed E-state index contributed by atoms with van der Waals surface area (Å²) in [6.07, 6.45) is 2.02. The molecule has 24 heavy (non-hydrogen) atoms. The van der Waals surface area contributed by atoms with Gasteiger partial charge in [0.1, 0.15) is 17.4 Å². The first kappa shape index (κ1) is 15.7. The molecule has 6 heteroatoms. The van der Waals surface area contributed by atoms with Crippen molar-refractivity contribution in [1.82, 2.24) is 4.57 Å². The maximum atomic E-state index is 13.4. The van der Waals surface area contributed by atoms with Gasteiger partial charge >= 0.3 is 5.97 Å². The number of aliphatic carboxylic acids is 1. The van der Waals surface area contributed by atoms with Crippen molar-refractivity contribution in [1.29, 1.82) is 0 Å². The standard InChI is InChI=1S/C18H13F2NO3/c19-13-9-12(10-14(20)11-13)17(18(22)23)24-16-6-2-1-5-15(16)21-7-3-4-8-21/h1-11,17H,(H,22,23). The van der Waals surface area contributed by atoms with E-state index in [1.54, 1.807) is 41.2 Å². The number of ether oxygens (including phenoxy) is 1. The maximum absolute atomic E-state index is 13.4. The van der Waals surface area contributed by atoms with Gasteiger partial charge in [-0.2, -0.15) is 0 Å². The van der Waals surface area contributed by atoms with Gasteiger partial charge in [-0.3, -0.25) is 0 Å². The molecular weight excluding hydrogens is 316 g/mol. The Hall–Kier alpha value is -3.15. The number of halogens is 2. The largest absolute Gasteiger partial charge is 0.478 e. The number of carboxylic acids is 1. The van der Waals surface area contributed by atoms with Gasteiger partial charge in [-0.15, -0.1) is 0 Å². The number of benzene rings is 2. The van der Waals surface area contributed by atoms with Crippen LogP contribution in [0.25, 0.3) is 5.69 Å². The molecule has 1 atom stereocenters. The smallest absolute Gasteiger partial charge is 0.349 e. The van der Waals surface area contributed by atoms with Crippen molar-refractivity contribution in [3.8, 4) is 11.4 Å². The van der Waals surface area contributed by atoms with Crippen molar-refractivity contribution in [2.24, 2.45) is 0 Å². The molecule has 0 bridgehead atoms. The number of para-hydroxylation sites is 2. The van der Waals surface area contributed by atoms with Crippen molar-refractivity contribution >= 4 is 5.97 Å². The fraction of sp³-hybridized carbons (Fsp3) is 0.0556. The van der Waals surface area contributed by atoms with Crippen LogP contribution in [0.5, 0.6) is 5.75 Å². The molecule has 4 nitrogen and oxygen atoms in total. The molecule has 0 amide bonds. The van der Waals surface area contributed by atoms with Crippen molar-refractivity contribution in [2.75, 3.05) is 0 Å². The van der Waals surface area contributed by atoms with E-state index in [0.29, 0.717) is 11.8 Å². The number of carboxylic acid groups (broad SMARTS) is 1. The lowest BCUT2D eigenvalue weighted by atomic mass is 10.1. The second kappa shape index (κ2) is 6.54. The molecule has 0 spiro atoms. The zero-order valence-corrected chi connectivity index (χ0v) is 12.4. The van der Waals surface area contributed by atoms with Crippen molar-refractivity contribution in [3.63, 3.8) is 0 Å². The second-order valence-electron chi connectivity index (χ2n) is 5.10. The Labute approximate surface area is 136 Å². The number of carbonyl (C=O) groups is 1. The monoisotopic (exact) mass is 329 g/mol. The first-order valence-electron chi connectivity index (χ1n) is 7.12. The molecule has 0 saturated heterocycles. The van der Waals surface area contributed by atoms with Crippen LogP contribution < -0.4 is 4.74 Å². The first-order chi connectivity index (χ1) is 11.5. The van der Waals surface area contributed by atoms with Crippen LogP contribution in [0.1, 0.15) is 11.7 Å². The highest BCUT2D eigenvalue weighted by Gasteiger charge is 2.24. The van der Waals surface area contributed by atoms with E-state index in [-0.39, 0.29) is 11.3 Å². The number of aromatic nitrogens is 1. The minimum absolute atomic E-state index is 0.109. The summed E-state index contributed by atoms with van der Waals surface area (Å²) in [5.41, 5.74) is 0.507. The van der Waals surface area contributed by atoms with Gasteiger partial charge in [0.15, 0.2) is 0 Å². The summed E-state index contributed by atoms with van der Waals surface area (Å²) >= 11 is 0. The van der Waals surface area contributed by atoms with Gasteiger partial charge in [0, 0.05) is 24.0 Å². The maximum Gasteiger partial charge on any atom is 0.349 e. The van der Waals surface area contributed by atoms with Gasteiger partial charge in [0.05, 0.1) is 5.69 Å². The molecule has 1 aromatic heterocycles. The minimum atomic E-state index is -1.54. The summed E-state index contributed by atoms with van der Waals surface area (Å²) < 4.78 is 34.1. The van der Waals surface area contributed by atoms with Gasteiger partial charge < -0.3 is 14.4 Å². The first-order valence-corrected chi connectivity index (χ1v) is 7.12.